The normalized spacial score (nSPS) is 19.1. The number of hydrogen-bond acceptors (Lipinski definition) is 12. The zero-order chi connectivity index (χ0) is 36.0. The fourth-order valence-electron chi connectivity index (χ4n) is 5.60. The minimum absolute atomic E-state index is 0.0218. The quantitative estimate of drug-likeness (QED) is 0.158. The maximum atomic E-state index is 13.7. The second-order valence-corrected chi connectivity index (χ2v) is 15.1. The predicted octanol–water partition coefficient (Wildman–Crippen LogP) is 2.62. The molecule has 1 saturated heterocycles. The highest BCUT2D eigenvalue weighted by Crippen LogP contribution is 2.48. The highest BCUT2D eigenvalue weighted by Gasteiger charge is 2.38. The van der Waals surface area contributed by atoms with Crippen molar-refractivity contribution in [3.05, 3.63) is 65.5 Å². The number of nitrogens with two attached hydrogens (primary N) is 1. The third kappa shape index (κ3) is 7.47. The number of furan rings is 1. The summed E-state index contributed by atoms with van der Waals surface area (Å²) in [5, 5.41) is 6.80. The van der Waals surface area contributed by atoms with Gasteiger partial charge in [-0.05, 0) is 54.7 Å². The standard InChI is InChI=1S/C30H32FN6O11PS/c1-33-29(40)25-21-12-20(16-3-4-16)22(13-24(21)48-26(25)17-5-7-18(31)8-6-17)37(50(2,43)44)9-10-45-49(41,42)46-14-19-11-23(38)30(47-19)36-15-34-28(35-36)27(32)39/h5-8,12-13,15-16,19,30H,3-4,9-11,14H2,1-2H3,(H2,32,39)(H,33,40)(H,41,42)/t19-,30+/m0/s1. The number of aromatic nitrogens is 3. The number of rotatable bonds is 14. The van der Waals surface area contributed by atoms with E-state index < -0.39 is 73.4 Å². The molecule has 1 aliphatic carbocycles. The molecule has 2 aromatic carbocycles. The lowest BCUT2D eigenvalue weighted by atomic mass is 10.0. The molecule has 17 nitrogen and oxygen atoms in total. The van der Waals surface area contributed by atoms with Crippen LogP contribution in [-0.2, 0) is 33.2 Å². The van der Waals surface area contributed by atoms with Crippen molar-refractivity contribution >= 4 is 52.1 Å². The van der Waals surface area contributed by atoms with E-state index >= 15 is 0 Å². The molecular formula is C30H32FN6O11PS. The van der Waals surface area contributed by atoms with Gasteiger partial charge in [0.15, 0.2) is 5.78 Å². The number of anilines is 1. The first-order chi connectivity index (χ1) is 23.6. The molecule has 2 aromatic heterocycles. The number of hydrogen-bond donors (Lipinski definition) is 3. The van der Waals surface area contributed by atoms with Crippen molar-refractivity contribution in [3.8, 4) is 11.3 Å². The molecule has 20 heteroatoms. The van der Waals surface area contributed by atoms with Crippen LogP contribution >= 0.6 is 7.82 Å². The van der Waals surface area contributed by atoms with Gasteiger partial charge in [0, 0.05) is 30.5 Å². The fraction of sp³-hybridized carbons (Fsp3) is 0.367. The molecule has 6 rings (SSSR count). The Balaban J connectivity index is 1.19. The van der Waals surface area contributed by atoms with E-state index in [1.54, 1.807) is 6.07 Å². The number of nitrogens with one attached hydrogen (secondary N) is 1. The van der Waals surface area contributed by atoms with Gasteiger partial charge >= 0.3 is 7.82 Å². The summed E-state index contributed by atoms with van der Waals surface area (Å²) in [4.78, 5) is 50.8. The van der Waals surface area contributed by atoms with Crippen molar-refractivity contribution in [2.45, 2.75) is 37.5 Å². The summed E-state index contributed by atoms with van der Waals surface area (Å²) in [7, 11) is -7.32. The Morgan fingerprint density at radius 3 is 2.56 bits per heavy atom. The van der Waals surface area contributed by atoms with Gasteiger partial charge in [-0.3, -0.25) is 27.7 Å². The molecule has 50 heavy (non-hydrogen) atoms. The minimum atomic E-state index is -4.78. The summed E-state index contributed by atoms with van der Waals surface area (Å²) in [6.07, 6.45) is 1.16. The smallest absolute Gasteiger partial charge is 0.455 e. The molecule has 1 saturated carbocycles. The van der Waals surface area contributed by atoms with Crippen LogP contribution in [0, 0.1) is 5.82 Å². The van der Waals surface area contributed by atoms with E-state index in [0.717, 1.165) is 34.4 Å². The van der Waals surface area contributed by atoms with Crippen molar-refractivity contribution in [2.75, 3.05) is 37.4 Å². The Bertz CT molecular complexity index is 2130. The van der Waals surface area contributed by atoms with Gasteiger partial charge in [-0.2, -0.15) is 0 Å². The van der Waals surface area contributed by atoms with E-state index in [0.29, 0.717) is 16.5 Å². The molecule has 1 aliphatic heterocycles. The number of amides is 2. The number of carbonyl (C=O) groups excluding carboxylic acids is 3. The highest BCUT2D eigenvalue weighted by molar-refractivity contribution is 7.92. The number of primary amides is 1. The molecular weight excluding hydrogens is 702 g/mol. The maximum absolute atomic E-state index is 13.7. The first-order valence-corrected chi connectivity index (χ1v) is 18.6. The number of carbonyl (C=O) groups is 3. The SMILES string of the molecule is CNC(=O)c1c(-c2ccc(F)cc2)oc2cc(N(CCOP(=O)(O)OC[C@@H]3CC(=O)[C@H](n4cnc(C(N)=O)n4)O3)S(C)(=O)=O)c(C3CC3)cc12. The Morgan fingerprint density at radius 1 is 1.22 bits per heavy atom. The van der Waals surface area contributed by atoms with Gasteiger partial charge < -0.3 is 25.1 Å². The van der Waals surface area contributed by atoms with Crippen LogP contribution in [0.5, 0.6) is 0 Å². The predicted molar refractivity (Wildman–Crippen MR) is 173 cm³/mol. The molecule has 266 valence electrons. The van der Waals surface area contributed by atoms with Crippen molar-refractivity contribution in [2.24, 2.45) is 5.73 Å². The van der Waals surface area contributed by atoms with Gasteiger partial charge in [0.05, 0.1) is 43.4 Å². The number of benzene rings is 2. The van der Waals surface area contributed by atoms with Crippen LogP contribution in [0.3, 0.4) is 0 Å². The van der Waals surface area contributed by atoms with Gasteiger partial charge in [-0.15, -0.1) is 5.10 Å². The average Bonchev–Trinajstić information content (AvgIpc) is 3.48. The van der Waals surface area contributed by atoms with Crippen molar-refractivity contribution in [1.29, 1.82) is 0 Å². The van der Waals surface area contributed by atoms with Crippen LogP contribution in [0.2, 0.25) is 0 Å². The Morgan fingerprint density at radius 2 is 1.94 bits per heavy atom. The molecule has 2 amide bonds. The van der Waals surface area contributed by atoms with Crippen LogP contribution in [0.15, 0.2) is 47.1 Å². The number of nitrogens with zero attached hydrogens (tertiary/aromatic N) is 4. The first-order valence-electron chi connectivity index (χ1n) is 15.2. The fourth-order valence-corrected chi connectivity index (χ4v) is 7.26. The number of phosphoric ester groups is 1. The third-order valence-electron chi connectivity index (χ3n) is 8.05. The Kier molecular flexibility index (Phi) is 9.64. The van der Waals surface area contributed by atoms with E-state index in [-0.39, 0.29) is 40.8 Å². The zero-order valence-electron chi connectivity index (χ0n) is 26.6. The summed E-state index contributed by atoms with van der Waals surface area (Å²) in [6, 6.07) is 8.57. The van der Waals surface area contributed by atoms with Gasteiger partial charge in [-0.25, -0.2) is 27.0 Å². The summed E-state index contributed by atoms with van der Waals surface area (Å²) >= 11 is 0. The maximum Gasteiger partial charge on any atom is 0.472 e. The van der Waals surface area contributed by atoms with Crippen LogP contribution in [0.1, 0.15) is 57.9 Å². The monoisotopic (exact) mass is 734 g/mol. The molecule has 4 N–H and O–H groups in total. The van der Waals surface area contributed by atoms with Gasteiger partial charge in [0.2, 0.25) is 22.1 Å². The largest absolute Gasteiger partial charge is 0.472 e. The molecule has 3 atom stereocenters. The van der Waals surface area contributed by atoms with Crippen LogP contribution in [-0.4, -0.2) is 84.8 Å². The van der Waals surface area contributed by atoms with Gasteiger partial charge in [0.1, 0.15) is 23.5 Å². The molecule has 3 heterocycles. The number of ketones is 1. The van der Waals surface area contributed by atoms with E-state index in [2.05, 4.69) is 15.4 Å². The second kappa shape index (κ2) is 13.7. The molecule has 0 bridgehead atoms. The summed E-state index contributed by atoms with van der Waals surface area (Å²) in [6.45, 7) is -1.51. The van der Waals surface area contributed by atoms with Crippen molar-refractivity contribution < 1.29 is 54.9 Å². The Labute approximate surface area is 284 Å². The number of phosphoric acid groups is 1. The summed E-state index contributed by atoms with van der Waals surface area (Å²) < 4.78 is 76.4. The average molecular weight is 735 g/mol. The lowest BCUT2D eigenvalue weighted by molar-refractivity contribution is -0.128. The third-order valence-corrected chi connectivity index (χ3v) is 10.2. The lowest BCUT2D eigenvalue weighted by Crippen LogP contribution is -2.33. The van der Waals surface area contributed by atoms with Gasteiger partial charge in [0.25, 0.3) is 11.8 Å². The number of sulfonamides is 1. The van der Waals surface area contributed by atoms with Crippen molar-refractivity contribution in [3.63, 3.8) is 0 Å². The molecule has 2 aliphatic rings. The first kappa shape index (κ1) is 35.3. The van der Waals surface area contributed by atoms with Gasteiger partial charge in [-0.1, -0.05) is 0 Å². The van der Waals surface area contributed by atoms with Crippen LogP contribution < -0.4 is 15.4 Å². The molecule has 2 fully saturated rings. The van der Waals surface area contributed by atoms with Crippen LogP contribution in [0.25, 0.3) is 22.3 Å². The number of fused-ring (bicyclic) bond motifs is 1. The van der Waals surface area contributed by atoms with E-state index in [4.69, 9.17) is 23.9 Å². The summed E-state index contributed by atoms with van der Waals surface area (Å²) in [5.41, 5.74) is 6.81. The van der Waals surface area contributed by atoms with Crippen molar-refractivity contribution in [1.82, 2.24) is 20.1 Å². The second-order valence-electron chi connectivity index (χ2n) is 11.7. The number of Topliss-reactive ketones (excluding diaryl/α,β-unsaturated/α-hetero) is 1. The molecule has 1 unspecified atom stereocenters. The number of ether oxygens (including phenoxy) is 1. The molecule has 0 spiro atoms. The topological polar surface area (TPSA) is 235 Å². The number of halogens is 1. The molecule has 4 aromatic rings. The summed E-state index contributed by atoms with van der Waals surface area (Å²) in [5.74, 6) is -2.47. The zero-order valence-corrected chi connectivity index (χ0v) is 28.4. The Hall–Kier alpha value is -4.52. The van der Waals surface area contributed by atoms with Crippen LogP contribution in [0.4, 0.5) is 10.1 Å². The lowest BCUT2D eigenvalue weighted by Gasteiger charge is -2.25. The van der Waals surface area contributed by atoms with E-state index in [1.807, 2.05) is 0 Å². The minimum Gasteiger partial charge on any atom is -0.455 e. The molecule has 0 radical (unpaired) electrons. The van der Waals surface area contributed by atoms with E-state index in [1.165, 1.54) is 37.4 Å². The highest BCUT2D eigenvalue weighted by atomic mass is 32.2. The van der Waals surface area contributed by atoms with E-state index in [9.17, 15) is 36.7 Å².